The van der Waals surface area contributed by atoms with Gasteiger partial charge < -0.3 is 16.2 Å². The normalized spacial score (nSPS) is 20.5. The van der Waals surface area contributed by atoms with E-state index in [9.17, 15) is 9.90 Å². The van der Waals surface area contributed by atoms with Gasteiger partial charge in [0.05, 0.1) is 29.0 Å². The first-order chi connectivity index (χ1) is 9.93. The third-order valence-corrected chi connectivity index (χ3v) is 4.36. The first-order valence-corrected chi connectivity index (χ1v) is 7.61. The minimum Gasteiger partial charge on any atom is -0.397 e. The maximum absolute atomic E-state index is 12.4. The molecule has 21 heavy (non-hydrogen) atoms. The van der Waals surface area contributed by atoms with Crippen LogP contribution in [0.2, 0.25) is 10.0 Å². The number of nitrogens with zero attached hydrogens (tertiary/aromatic N) is 1. The number of nitrogen functional groups attached to an aromatic ring is 1. The Bertz CT molecular complexity index is 516. The Morgan fingerprint density at radius 3 is 2.90 bits per heavy atom. The van der Waals surface area contributed by atoms with Crippen LogP contribution in [0.25, 0.3) is 0 Å². The van der Waals surface area contributed by atoms with Crippen LogP contribution >= 0.6 is 23.2 Å². The number of benzene rings is 1. The number of aliphatic hydroxyl groups excluding tert-OH is 1. The molecule has 1 aromatic rings. The molecule has 0 aliphatic carbocycles. The van der Waals surface area contributed by atoms with Crippen molar-refractivity contribution in [2.24, 2.45) is 0 Å². The molecule has 1 aromatic carbocycles. The summed E-state index contributed by atoms with van der Waals surface area (Å²) in [5, 5.41) is 12.8. The van der Waals surface area contributed by atoms with Crippen LogP contribution in [0.4, 0.5) is 11.4 Å². The summed E-state index contributed by atoms with van der Waals surface area (Å²) in [7, 11) is 0. The van der Waals surface area contributed by atoms with Gasteiger partial charge in [0, 0.05) is 11.1 Å². The minimum atomic E-state index is -0.365. The quantitative estimate of drug-likeness (QED) is 0.740. The van der Waals surface area contributed by atoms with E-state index in [1.54, 1.807) is 6.07 Å². The maximum Gasteiger partial charge on any atom is 0.241 e. The molecule has 2 atom stereocenters. The molecule has 4 N–H and O–H groups in total. The third-order valence-electron chi connectivity index (χ3n) is 3.84. The van der Waals surface area contributed by atoms with Gasteiger partial charge in [-0.3, -0.25) is 9.69 Å². The van der Waals surface area contributed by atoms with E-state index in [1.807, 2.05) is 11.8 Å². The maximum atomic E-state index is 12.4. The van der Waals surface area contributed by atoms with Gasteiger partial charge in [0.25, 0.3) is 0 Å². The lowest BCUT2D eigenvalue weighted by molar-refractivity contribution is -0.121. The first kappa shape index (κ1) is 16.4. The molecule has 0 saturated carbocycles. The van der Waals surface area contributed by atoms with Gasteiger partial charge in [0.15, 0.2) is 0 Å². The first-order valence-electron chi connectivity index (χ1n) is 6.86. The number of rotatable bonds is 4. The lowest BCUT2D eigenvalue weighted by Gasteiger charge is -2.28. The molecule has 1 saturated heterocycles. The van der Waals surface area contributed by atoms with Crippen LogP contribution in [0.3, 0.4) is 0 Å². The summed E-state index contributed by atoms with van der Waals surface area (Å²) in [5.41, 5.74) is 6.54. The second kappa shape index (κ2) is 6.83. The van der Waals surface area contributed by atoms with E-state index in [0.717, 1.165) is 19.4 Å². The van der Waals surface area contributed by atoms with Gasteiger partial charge in [-0.2, -0.15) is 0 Å². The van der Waals surface area contributed by atoms with Gasteiger partial charge >= 0.3 is 0 Å². The summed E-state index contributed by atoms with van der Waals surface area (Å²) in [6.45, 7) is 2.66. The Hall–Kier alpha value is -1.01. The fourth-order valence-corrected chi connectivity index (χ4v) is 3.22. The average molecular weight is 332 g/mol. The molecule has 2 rings (SSSR count). The van der Waals surface area contributed by atoms with Crippen LogP contribution in [0, 0.1) is 0 Å². The number of hydrogen-bond acceptors (Lipinski definition) is 4. The van der Waals surface area contributed by atoms with Gasteiger partial charge in [-0.25, -0.2) is 0 Å². The zero-order valence-electron chi connectivity index (χ0n) is 11.8. The van der Waals surface area contributed by atoms with Crippen molar-refractivity contribution in [3.63, 3.8) is 0 Å². The third kappa shape index (κ3) is 3.61. The number of aliphatic hydroxyl groups is 1. The number of nitrogens with one attached hydrogen (secondary N) is 1. The number of carbonyl (C=O) groups is 1. The Kier molecular flexibility index (Phi) is 5.32. The highest BCUT2D eigenvalue weighted by Crippen LogP contribution is 2.32. The van der Waals surface area contributed by atoms with Gasteiger partial charge in [-0.1, -0.05) is 23.2 Å². The monoisotopic (exact) mass is 331 g/mol. The van der Waals surface area contributed by atoms with Crippen molar-refractivity contribution in [3.05, 3.63) is 22.2 Å². The number of nitrogens with two attached hydrogens (primary N) is 1. The van der Waals surface area contributed by atoms with Crippen molar-refractivity contribution in [1.82, 2.24) is 4.90 Å². The largest absolute Gasteiger partial charge is 0.397 e. The highest BCUT2D eigenvalue weighted by molar-refractivity contribution is 6.37. The van der Waals surface area contributed by atoms with E-state index >= 15 is 0 Å². The topological polar surface area (TPSA) is 78.6 Å². The minimum absolute atomic E-state index is 0.0313. The molecule has 0 radical (unpaired) electrons. The van der Waals surface area contributed by atoms with Crippen LogP contribution in [-0.4, -0.2) is 41.1 Å². The van der Waals surface area contributed by atoms with Crippen molar-refractivity contribution in [1.29, 1.82) is 0 Å². The second-order valence-electron chi connectivity index (χ2n) is 5.23. The predicted octanol–water partition coefficient (Wildman–Crippen LogP) is 2.36. The Morgan fingerprint density at radius 2 is 2.29 bits per heavy atom. The molecule has 0 aromatic heterocycles. The molecule has 2 unspecified atom stereocenters. The van der Waals surface area contributed by atoms with E-state index in [1.165, 1.54) is 6.07 Å². The summed E-state index contributed by atoms with van der Waals surface area (Å²) in [6.07, 6.45) is 1.88. The fraction of sp³-hybridized carbons (Fsp3) is 0.500. The smallest absolute Gasteiger partial charge is 0.241 e. The lowest BCUT2D eigenvalue weighted by Crippen LogP contribution is -2.46. The molecule has 1 fully saturated rings. The van der Waals surface area contributed by atoms with Crippen LogP contribution in [0.1, 0.15) is 19.8 Å². The van der Waals surface area contributed by atoms with Gasteiger partial charge in [-0.15, -0.1) is 0 Å². The number of anilines is 2. The molecule has 1 amide bonds. The molecule has 0 bridgehead atoms. The number of amides is 1. The van der Waals surface area contributed by atoms with Crippen molar-refractivity contribution in [2.45, 2.75) is 31.8 Å². The molecule has 5 nitrogen and oxygen atoms in total. The van der Waals surface area contributed by atoms with Gasteiger partial charge in [0.1, 0.15) is 0 Å². The molecule has 1 heterocycles. The lowest BCUT2D eigenvalue weighted by atomic mass is 10.2. The molecule has 0 spiro atoms. The molecule has 1 aliphatic heterocycles. The van der Waals surface area contributed by atoms with E-state index in [2.05, 4.69) is 5.32 Å². The highest BCUT2D eigenvalue weighted by Gasteiger charge is 2.31. The van der Waals surface area contributed by atoms with Crippen molar-refractivity contribution in [2.75, 3.05) is 24.2 Å². The van der Waals surface area contributed by atoms with Crippen molar-refractivity contribution >= 4 is 40.5 Å². The van der Waals surface area contributed by atoms with Crippen LogP contribution in [-0.2, 0) is 4.79 Å². The van der Waals surface area contributed by atoms with Crippen LogP contribution in [0.5, 0.6) is 0 Å². The van der Waals surface area contributed by atoms with E-state index in [0.29, 0.717) is 21.4 Å². The number of carbonyl (C=O) groups excluding carboxylic acids is 1. The van der Waals surface area contributed by atoms with Gasteiger partial charge in [-0.05, 0) is 38.4 Å². The molecular weight excluding hydrogens is 313 g/mol. The van der Waals surface area contributed by atoms with Crippen molar-refractivity contribution in [3.8, 4) is 0 Å². The summed E-state index contributed by atoms with van der Waals surface area (Å²) >= 11 is 11.9. The predicted molar refractivity (Wildman–Crippen MR) is 85.8 cm³/mol. The number of halogens is 2. The Balaban J connectivity index is 2.11. The Labute approximate surface area is 134 Å². The van der Waals surface area contributed by atoms with Crippen LogP contribution < -0.4 is 11.1 Å². The van der Waals surface area contributed by atoms with Crippen molar-refractivity contribution < 1.29 is 9.90 Å². The molecule has 116 valence electrons. The molecule has 1 aliphatic rings. The van der Waals surface area contributed by atoms with Gasteiger partial charge in [0.2, 0.25) is 5.91 Å². The van der Waals surface area contributed by atoms with E-state index in [4.69, 9.17) is 28.9 Å². The number of likely N-dealkylation sites (tertiary alicyclic amines) is 1. The van der Waals surface area contributed by atoms with E-state index in [-0.39, 0.29) is 24.6 Å². The standard InChI is InChI=1S/C14H19Cl2N3O2/c1-8(19-4-2-3-10(19)7-20)14(21)18-13-11(16)5-9(15)6-12(13)17/h5-6,8,10,20H,2-4,7,17H2,1H3,(H,18,21). The summed E-state index contributed by atoms with van der Waals surface area (Å²) < 4.78 is 0. The summed E-state index contributed by atoms with van der Waals surface area (Å²) in [6, 6.07) is 2.74. The zero-order valence-corrected chi connectivity index (χ0v) is 13.3. The average Bonchev–Trinajstić information content (AvgIpc) is 2.89. The SMILES string of the molecule is CC(C(=O)Nc1c(N)cc(Cl)cc1Cl)N1CCCC1CO. The summed E-state index contributed by atoms with van der Waals surface area (Å²) in [4.78, 5) is 14.4. The molecule has 7 heteroatoms. The highest BCUT2D eigenvalue weighted by atomic mass is 35.5. The Morgan fingerprint density at radius 1 is 1.57 bits per heavy atom. The van der Waals surface area contributed by atoms with E-state index < -0.39 is 0 Å². The fourth-order valence-electron chi connectivity index (χ4n) is 2.67. The zero-order chi connectivity index (χ0) is 15.6. The number of hydrogen-bond donors (Lipinski definition) is 3. The summed E-state index contributed by atoms with van der Waals surface area (Å²) in [5.74, 6) is -0.203. The second-order valence-corrected chi connectivity index (χ2v) is 6.08. The molecular formula is C14H19Cl2N3O2. The van der Waals surface area contributed by atoms with Crippen LogP contribution in [0.15, 0.2) is 12.1 Å².